The highest BCUT2D eigenvalue weighted by Gasteiger charge is 2.35. The predicted octanol–water partition coefficient (Wildman–Crippen LogP) is 3.60. The van der Waals surface area contributed by atoms with Crippen molar-refractivity contribution >= 4 is 16.7 Å². The zero-order valence-electron chi connectivity index (χ0n) is 17.7. The van der Waals surface area contributed by atoms with Crippen molar-refractivity contribution in [3.8, 4) is 5.75 Å². The van der Waals surface area contributed by atoms with Crippen LogP contribution in [-0.2, 0) is 6.18 Å². The molecule has 11 heteroatoms. The molecule has 1 aromatic heterocycles. The molecule has 1 fully saturated rings. The summed E-state index contributed by atoms with van der Waals surface area (Å²) in [7, 11) is 1.45. The molecule has 0 amide bonds. The maximum Gasteiger partial charge on any atom is 0.419 e. The highest BCUT2D eigenvalue weighted by Crippen LogP contribution is 2.35. The SMILES string of the molecule is COc1cc(C(N)O)c2ncnc(N[C@H](CN3CCC3)c3ccc(F)c(C(F)(F)F)c3)c2c1. The van der Waals surface area contributed by atoms with Crippen molar-refractivity contribution in [1.29, 1.82) is 0 Å². The van der Waals surface area contributed by atoms with Crippen LogP contribution < -0.4 is 15.8 Å². The Labute approximate surface area is 187 Å². The Kier molecular flexibility index (Phi) is 6.37. The van der Waals surface area contributed by atoms with Crippen LogP contribution in [0.2, 0.25) is 0 Å². The molecule has 2 aromatic carbocycles. The second kappa shape index (κ2) is 9.08. The van der Waals surface area contributed by atoms with E-state index in [2.05, 4.69) is 20.2 Å². The average Bonchev–Trinajstić information content (AvgIpc) is 2.74. The van der Waals surface area contributed by atoms with E-state index in [1.807, 2.05) is 0 Å². The minimum absolute atomic E-state index is 0.268. The number of aliphatic hydroxyl groups excluding tert-OH is 1. The number of nitrogens with one attached hydrogen (secondary N) is 1. The number of methoxy groups -OCH3 is 1. The number of aromatic nitrogens is 2. The number of rotatable bonds is 7. The lowest BCUT2D eigenvalue weighted by Crippen LogP contribution is -2.41. The smallest absolute Gasteiger partial charge is 0.419 e. The normalized spacial score (nSPS) is 16.3. The summed E-state index contributed by atoms with van der Waals surface area (Å²) in [5.41, 5.74) is 5.32. The molecular weight excluding hydrogens is 442 g/mol. The third kappa shape index (κ3) is 4.85. The molecule has 0 radical (unpaired) electrons. The van der Waals surface area contributed by atoms with Crippen LogP contribution in [0.1, 0.15) is 35.4 Å². The number of alkyl halides is 3. The van der Waals surface area contributed by atoms with Gasteiger partial charge < -0.3 is 25.8 Å². The highest BCUT2D eigenvalue weighted by molar-refractivity contribution is 5.92. The van der Waals surface area contributed by atoms with Gasteiger partial charge in [-0.3, -0.25) is 0 Å². The molecule has 2 atom stereocenters. The Hall–Kier alpha value is -3.02. The summed E-state index contributed by atoms with van der Waals surface area (Å²) in [6.45, 7) is 2.02. The van der Waals surface area contributed by atoms with Gasteiger partial charge >= 0.3 is 6.18 Å². The quantitative estimate of drug-likeness (QED) is 0.362. The number of halogens is 4. The topological polar surface area (TPSA) is 96.5 Å². The van der Waals surface area contributed by atoms with Gasteiger partial charge in [0.1, 0.15) is 29.9 Å². The van der Waals surface area contributed by atoms with Gasteiger partial charge in [0.2, 0.25) is 0 Å². The summed E-state index contributed by atoms with van der Waals surface area (Å²) in [6.07, 6.45) is -3.87. The molecule has 1 unspecified atom stereocenters. The predicted molar refractivity (Wildman–Crippen MR) is 114 cm³/mol. The first-order chi connectivity index (χ1) is 15.7. The molecule has 33 heavy (non-hydrogen) atoms. The van der Waals surface area contributed by atoms with Crippen LogP contribution in [-0.4, -0.2) is 46.7 Å². The maximum absolute atomic E-state index is 13.9. The van der Waals surface area contributed by atoms with E-state index < -0.39 is 29.8 Å². The van der Waals surface area contributed by atoms with Gasteiger partial charge in [-0.25, -0.2) is 14.4 Å². The molecule has 3 aromatic rings. The fraction of sp³-hybridized carbons (Fsp3) is 0.364. The van der Waals surface area contributed by atoms with Crippen LogP contribution in [0.15, 0.2) is 36.7 Å². The summed E-state index contributed by atoms with van der Waals surface area (Å²) in [5.74, 6) is -0.600. The zero-order valence-corrected chi connectivity index (χ0v) is 17.7. The number of fused-ring (bicyclic) bond motifs is 1. The molecule has 4 rings (SSSR count). The fourth-order valence-electron chi connectivity index (χ4n) is 3.82. The second-order valence-corrected chi connectivity index (χ2v) is 7.87. The molecule has 0 saturated carbocycles. The lowest BCUT2D eigenvalue weighted by Gasteiger charge is -2.35. The van der Waals surface area contributed by atoms with E-state index in [-0.39, 0.29) is 5.56 Å². The van der Waals surface area contributed by atoms with Crippen molar-refractivity contribution in [3.63, 3.8) is 0 Å². The molecule has 7 nitrogen and oxygen atoms in total. The third-order valence-electron chi connectivity index (χ3n) is 5.69. The van der Waals surface area contributed by atoms with Gasteiger partial charge in [-0.2, -0.15) is 13.2 Å². The Morgan fingerprint density at radius 2 is 1.97 bits per heavy atom. The molecule has 0 aliphatic carbocycles. The number of ether oxygens (including phenoxy) is 1. The van der Waals surface area contributed by atoms with Crippen molar-refractivity contribution in [3.05, 3.63) is 59.2 Å². The van der Waals surface area contributed by atoms with Gasteiger partial charge in [-0.15, -0.1) is 0 Å². The molecule has 1 aliphatic heterocycles. The van der Waals surface area contributed by atoms with Crippen LogP contribution in [0.3, 0.4) is 0 Å². The van der Waals surface area contributed by atoms with E-state index in [1.165, 1.54) is 19.5 Å². The number of nitrogens with two attached hydrogens (primary N) is 1. The minimum Gasteiger partial charge on any atom is -0.497 e. The van der Waals surface area contributed by atoms with E-state index in [0.29, 0.717) is 34.6 Å². The van der Waals surface area contributed by atoms with Crippen LogP contribution in [0, 0.1) is 5.82 Å². The van der Waals surface area contributed by atoms with Crippen LogP contribution in [0.4, 0.5) is 23.4 Å². The van der Waals surface area contributed by atoms with E-state index in [0.717, 1.165) is 31.6 Å². The van der Waals surface area contributed by atoms with Crippen LogP contribution >= 0.6 is 0 Å². The largest absolute Gasteiger partial charge is 0.497 e. The highest BCUT2D eigenvalue weighted by atomic mass is 19.4. The zero-order chi connectivity index (χ0) is 23.8. The number of nitrogens with zero attached hydrogens (tertiary/aromatic N) is 3. The molecule has 0 spiro atoms. The van der Waals surface area contributed by atoms with E-state index in [9.17, 15) is 22.7 Å². The standard InChI is InChI=1S/C22H23F4N5O2/c1-33-13-8-14(20(27)32)19-15(9-13)21(29-11-28-19)30-18(10-31-5-2-6-31)12-3-4-17(23)16(7-12)22(24,25)26/h3-4,7-9,11,18,20,32H,2,5-6,10,27H2,1H3,(H,28,29,30)/t18-,20?/m1/s1. The molecule has 176 valence electrons. The summed E-state index contributed by atoms with van der Waals surface area (Å²) in [4.78, 5) is 10.6. The van der Waals surface area contributed by atoms with E-state index in [1.54, 1.807) is 12.1 Å². The Bertz CT molecular complexity index is 1150. The first-order valence-electron chi connectivity index (χ1n) is 10.3. The van der Waals surface area contributed by atoms with Gasteiger partial charge in [0.25, 0.3) is 0 Å². The molecule has 4 N–H and O–H groups in total. The maximum atomic E-state index is 13.9. The minimum atomic E-state index is -4.82. The number of hydrogen-bond donors (Lipinski definition) is 3. The Balaban J connectivity index is 1.78. The van der Waals surface area contributed by atoms with Crippen molar-refractivity contribution in [2.24, 2.45) is 5.73 Å². The van der Waals surface area contributed by atoms with Gasteiger partial charge in [0.15, 0.2) is 0 Å². The fourth-order valence-corrected chi connectivity index (χ4v) is 3.82. The lowest BCUT2D eigenvalue weighted by atomic mass is 10.0. The van der Waals surface area contributed by atoms with Crippen molar-refractivity contribution in [1.82, 2.24) is 14.9 Å². The van der Waals surface area contributed by atoms with Crippen molar-refractivity contribution < 1.29 is 27.4 Å². The number of aliphatic hydroxyl groups is 1. The number of hydrogen-bond acceptors (Lipinski definition) is 7. The Morgan fingerprint density at radius 1 is 1.21 bits per heavy atom. The third-order valence-corrected chi connectivity index (χ3v) is 5.69. The van der Waals surface area contributed by atoms with Crippen LogP contribution in [0.25, 0.3) is 10.9 Å². The summed E-state index contributed by atoms with van der Waals surface area (Å²) >= 11 is 0. The average molecular weight is 465 g/mol. The second-order valence-electron chi connectivity index (χ2n) is 7.87. The summed E-state index contributed by atoms with van der Waals surface area (Å²) < 4.78 is 59.2. The summed E-state index contributed by atoms with van der Waals surface area (Å²) in [6, 6.07) is 5.56. The number of benzene rings is 2. The molecule has 0 bridgehead atoms. The van der Waals surface area contributed by atoms with Crippen molar-refractivity contribution in [2.45, 2.75) is 24.9 Å². The number of likely N-dealkylation sites (tertiary alicyclic amines) is 1. The van der Waals surface area contributed by atoms with Gasteiger partial charge in [-0.05, 0) is 49.3 Å². The van der Waals surface area contributed by atoms with Gasteiger partial charge in [-0.1, -0.05) is 6.07 Å². The van der Waals surface area contributed by atoms with Crippen LogP contribution in [0.5, 0.6) is 5.75 Å². The Morgan fingerprint density at radius 3 is 2.58 bits per heavy atom. The monoisotopic (exact) mass is 465 g/mol. The first-order valence-corrected chi connectivity index (χ1v) is 10.3. The van der Waals surface area contributed by atoms with E-state index >= 15 is 0 Å². The molecule has 1 saturated heterocycles. The molecular formula is C22H23F4N5O2. The summed E-state index contributed by atoms with van der Waals surface area (Å²) in [5, 5.41) is 13.6. The van der Waals surface area contributed by atoms with E-state index in [4.69, 9.17) is 10.5 Å². The number of anilines is 1. The van der Waals surface area contributed by atoms with Crippen molar-refractivity contribution in [2.75, 3.05) is 32.1 Å². The molecule has 1 aliphatic rings. The lowest BCUT2D eigenvalue weighted by molar-refractivity contribution is -0.140. The first kappa shape index (κ1) is 23.1. The van der Waals surface area contributed by atoms with Gasteiger partial charge in [0.05, 0.1) is 24.2 Å². The van der Waals surface area contributed by atoms with Gasteiger partial charge in [0, 0.05) is 17.5 Å². The molecule has 2 heterocycles.